The first-order valence-electron chi connectivity index (χ1n) is 7.64. The van der Waals surface area contributed by atoms with Crippen molar-refractivity contribution in [3.8, 4) is 5.75 Å². The van der Waals surface area contributed by atoms with Gasteiger partial charge < -0.3 is 9.84 Å². The number of methoxy groups -OCH3 is 1. The summed E-state index contributed by atoms with van der Waals surface area (Å²) >= 11 is 0. The second-order valence-electron chi connectivity index (χ2n) is 5.84. The zero-order valence-corrected chi connectivity index (χ0v) is 13.0. The van der Waals surface area contributed by atoms with Gasteiger partial charge >= 0.3 is 0 Å². The molecule has 1 aromatic heterocycles. The molecule has 3 rings (SSSR count). The molecule has 0 aliphatic carbocycles. The fourth-order valence-electron chi connectivity index (χ4n) is 3.08. The van der Waals surface area contributed by atoms with Gasteiger partial charge in [0.2, 0.25) is 0 Å². The van der Waals surface area contributed by atoms with Gasteiger partial charge in [0.05, 0.1) is 18.9 Å². The average Bonchev–Trinajstić information content (AvgIpc) is 2.90. The van der Waals surface area contributed by atoms with Gasteiger partial charge in [-0.1, -0.05) is 6.07 Å². The van der Waals surface area contributed by atoms with E-state index >= 15 is 0 Å². The van der Waals surface area contributed by atoms with Gasteiger partial charge in [-0.05, 0) is 18.6 Å². The molecular formula is C17H20FN3O2. The first kappa shape index (κ1) is 15.8. The number of ether oxygens (including phenoxy) is 1. The van der Waals surface area contributed by atoms with Crippen LogP contribution in [0.15, 0.2) is 36.8 Å². The fourth-order valence-corrected chi connectivity index (χ4v) is 3.08. The number of β-amino-alcohol motifs (C(OH)–C–C–N with tert-alkyl or cyclic N) is 1. The van der Waals surface area contributed by atoms with Crippen LogP contribution in [-0.4, -0.2) is 46.3 Å². The number of aromatic nitrogens is 2. The quantitative estimate of drug-likeness (QED) is 0.909. The van der Waals surface area contributed by atoms with Gasteiger partial charge in [-0.25, -0.2) is 4.39 Å². The zero-order chi connectivity index (χ0) is 16.2. The van der Waals surface area contributed by atoms with E-state index in [0.29, 0.717) is 37.4 Å². The Morgan fingerprint density at radius 2 is 2.22 bits per heavy atom. The van der Waals surface area contributed by atoms with Crippen LogP contribution >= 0.6 is 0 Å². The zero-order valence-electron chi connectivity index (χ0n) is 13.0. The van der Waals surface area contributed by atoms with Crippen LogP contribution < -0.4 is 4.74 Å². The van der Waals surface area contributed by atoms with Gasteiger partial charge in [0.15, 0.2) is 0 Å². The van der Waals surface area contributed by atoms with Crippen molar-refractivity contribution in [3.05, 3.63) is 53.9 Å². The Labute approximate surface area is 134 Å². The number of rotatable bonds is 5. The van der Waals surface area contributed by atoms with Crippen LogP contribution in [0.3, 0.4) is 0 Å². The lowest BCUT2D eigenvalue weighted by Gasteiger charge is -2.18. The SMILES string of the molecule is COc1cccc(F)c1CN1C[C@@H](Cc2cnccn2)[C@H](O)C1. The molecule has 0 amide bonds. The van der Waals surface area contributed by atoms with Crippen LogP contribution in [0.1, 0.15) is 11.3 Å². The van der Waals surface area contributed by atoms with Gasteiger partial charge in [-0.3, -0.25) is 14.9 Å². The lowest BCUT2D eigenvalue weighted by molar-refractivity contribution is 0.140. The standard InChI is InChI=1S/C17H20FN3O2/c1-23-17-4-2-3-15(18)14(17)10-21-9-12(16(22)11-21)7-13-8-19-5-6-20-13/h2-6,8,12,16,22H,7,9-11H2,1H3/t12-,16-/m1/s1. The third kappa shape index (κ3) is 3.65. The molecule has 6 heteroatoms. The van der Waals surface area contributed by atoms with Gasteiger partial charge in [-0.2, -0.15) is 0 Å². The van der Waals surface area contributed by atoms with Crippen molar-refractivity contribution in [2.75, 3.05) is 20.2 Å². The Bertz CT molecular complexity index is 654. The van der Waals surface area contributed by atoms with Gasteiger partial charge in [0.25, 0.3) is 0 Å². The van der Waals surface area contributed by atoms with E-state index < -0.39 is 6.10 Å². The second kappa shape index (κ2) is 7.02. The summed E-state index contributed by atoms with van der Waals surface area (Å²) in [5.41, 5.74) is 1.39. The number of aliphatic hydroxyl groups is 1. The van der Waals surface area contributed by atoms with E-state index in [1.807, 2.05) is 4.90 Å². The minimum Gasteiger partial charge on any atom is -0.496 e. The maximum Gasteiger partial charge on any atom is 0.131 e. The monoisotopic (exact) mass is 317 g/mol. The van der Waals surface area contributed by atoms with Crippen LogP contribution in [0.5, 0.6) is 5.75 Å². The summed E-state index contributed by atoms with van der Waals surface area (Å²) in [7, 11) is 1.54. The molecule has 0 spiro atoms. The minimum atomic E-state index is -0.449. The molecule has 122 valence electrons. The van der Waals surface area contributed by atoms with Gasteiger partial charge in [0, 0.05) is 49.7 Å². The predicted molar refractivity (Wildman–Crippen MR) is 83.5 cm³/mol. The molecule has 2 heterocycles. The van der Waals surface area contributed by atoms with Crippen LogP contribution in [0.4, 0.5) is 4.39 Å². The summed E-state index contributed by atoms with van der Waals surface area (Å²) in [6, 6.07) is 4.82. The number of aliphatic hydroxyl groups excluding tert-OH is 1. The van der Waals surface area contributed by atoms with Crippen LogP contribution in [0.2, 0.25) is 0 Å². The molecule has 0 radical (unpaired) electrons. The molecular weight excluding hydrogens is 297 g/mol. The normalized spacial score (nSPS) is 21.5. The Hall–Kier alpha value is -2.05. The molecule has 5 nitrogen and oxygen atoms in total. The number of benzene rings is 1. The summed E-state index contributed by atoms with van der Waals surface area (Å²) in [5.74, 6) is 0.331. The molecule has 1 fully saturated rings. The van der Waals surface area contributed by atoms with E-state index in [9.17, 15) is 9.50 Å². The molecule has 1 N–H and O–H groups in total. The highest BCUT2D eigenvalue weighted by Gasteiger charge is 2.32. The Kier molecular flexibility index (Phi) is 4.83. The van der Waals surface area contributed by atoms with Crippen molar-refractivity contribution in [3.63, 3.8) is 0 Å². The van der Waals surface area contributed by atoms with E-state index in [4.69, 9.17) is 4.74 Å². The van der Waals surface area contributed by atoms with E-state index in [0.717, 1.165) is 5.69 Å². The largest absolute Gasteiger partial charge is 0.496 e. The number of hydrogen-bond donors (Lipinski definition) is 1. The van der Waals surface area contributed by atoms with E-state index in [-0.39, 0.29) is 11.7 Å². The third-order valence-corrected chi connectivity index (χ3v) is 4.25. The van der Waals surface area contributed by atoms with Crippen molar-refractivity contribution in [2.24, 2.45) is 5.92 Å². The van der Waals surface area contributed by atoms with Crippen molar-refractivity contribution in [1.29, 1.82) is 0 Å². The molecule has 0 bridgehead atoms. The van der Waals surface area contributed by atoms with Crippen LogP contribution in [0.25, 0.3) is 0 Å². The highest BCUT2D eigenvalue weighted by atomic mass is 19.1. The maximum absolute atomic E-state index is 14.0. The first-order chi connectivity index (χ1) is 11.2. The molecule has 1 aliphatic heterocycles. The second-order valence-corrected chi connectivity index (χ2v) is 5.84. The van der Waals surface area contributed by atoms with Crippen molar-refractivity contribution >= 4 is 0 Å². The molecule has 2 aromatic rings. The lowest BCUT2D eigenvalue weighted by Crippen LogP contribution is -2.22. The molecule has 1 saturated heterocycles. The van der Waals surface area contributed by atoms with Crippen molar-refractivity contribution < 1.29 is 14.2 Å². The molecule has 0 saturated carbocycles. The Morgan fingerprint density at radius 1 is 1.35 bits per heavy atom. The van der Waals surface area contributed by atoms with Gasteiger partial charge in [0.1, 0.15) is 11.6 Å². The molecule has 0 unspecified atom stereocenters. The van der Waals surface area contributed by atoms with Crippen LogP contribution in [-0.2, 0) is 13.0 Å². The average molecular weight is 317 g/mol. The number of hydrogen-bond acceptors (Lipinski definition) is 5. The van der Waals surface area contributed by atoms with Crippen molar-refractivity contribution in [1.82, 2.24) is 14.9 Å². The maximum atomic E-state index is 14.0. The Balaban J connectivity index is 1.67. The molecule has 23 heavy (non-hydrogen) atoms. The fraction of sp³-hybridized carbons (Fsp3) is 0.412. The van der Waals surface area contributed by atoms with E-state index in [1.165, 1.54) is 13.2 Å². The third-order valence-electron chi connectivity index (χ3n) is 4.25. The molecule has 1 aromatic carbocycles. The van der Waals surface area contributed by atoms with E-state index in [1.54, 1.807) is 30.7 Å². The number of nitrogens with zero attached hydrogens (tertiary/aromatic N) is 3. The highest BCUT2D eigenvalue weighted by molar-refractivity contribution is 5.34. The van der Waals surface area contributed by atoms with Crippen LogP contribution in [0, 0.1) is 11.7 Å². The summed E-state index contributed by atoms with van der Waals surface area (Å²) in [5, 5.41) is 10.3. The summed E-state index contributed by atoms with van der Waals surface area (Å²) in [4.78, 5) is 10.4. The molecule has 1 aliphatic rings. The first-order valence-corrected chi connectivity index (χ1v) is 7.64. The molecule has 2 atom stereocenters. The predicted octanol–water partition coefficient (Wildman–Crippen LogP) is 1.66. The smallest absolute Gasteiger partial charge is 0.131 e. The lowest BCUT2D eigenvalue weighted by atomic mass is 10.0. The summed E-state index contributed by atoms with van der Waals surface area (Å²) in [6.07, 6.45) is 5.22. The highest BCUT2D eigenvalue weighted by Crippen LogP contribution is 2.27. The minimum absolute atomic E-state index is 0.0736. The number of halogens is 1. The Morgan fingerprint density at radius 3 is 2.96 bits per heavy atom. The summed E-state index contributed by atoms with van der Waals surface area (Å²) in [6.45, 7) is 1.63. The topological polar surface area (TPSA) is 58.5 Å². The number of likely N-dealkylation sites (tertiary alicyclic amines) is 1. The van der Waals surface area contributed by atoms with Crippen molar-refractivity contribution in [2.45, 2.75) is 19.1 Å². The van der Waals surface area contributed by atoms with Gasteiger partial charge in [-0.15, -0.1) is 0 Å². The van der Waals surface area contributed by atoms with E-state index in [2.05, 4.69) is 9.97 Å². The summed E-state index contributed by atoms with van der Waals surface area (Å²) < 4.78 is 19.3.